The third kappa shape index (κ3) is 4.42. The molecule has 0 saturated heterocycles. The van der Waals surface area contributed by atoms with Crippen LogP contribution in [0.15, 0.2) is 53.4 Å². The molecule has 0 atom stereocenters. The van der Waals surface area contributed by atoms with Crippen LogP contribution in [0.25, 0.3) is 0 Å². The molecule has 0 aromatic heterocycles. The highest BCUT2D eigenvalue weighted by Gasteiger charge is 2.21. The molecule has 2 aromatic carbocycles. The van der Waals surface area contributed by atoms with Gasteiger partial charge in [-0.1, -0.05) is 19.9 Å². The van der Waals surface area contributed by atoms with Gasteiger partial charge in [0, 0.05) is 44.1 Å². The van der Waals surface area contributed by atoms with E-state index in [1.807, 2.05) is 31.1 Å². The Hall–Kier alpha value is -2.38. The highest BCUT2D eigenvalue weighted by atomic mass is 32.2. The fraction of sp³-hybridized carbons (Fsp3) is 0.316. The lowest BCUT2D eigenvalue weighted by atomic mass is 10.1. The predicted molar refractivity (Wildman–Crippen MR) is 105 cm³/mol. The van der Waals surface area contributed by atoms with Crippen molar-refractivity contribution in [3.05, 3.63) is 54.1 Å². The molecule has 0 radical (unpaired) electrons. The van der Waals surface area contributed by atoms with Gasteiger partial charge in [0.15, 0.2) is 0 Å². The van der Waals surface area contributed by atoms with Crippen molar-refractivity contribution in [3.63, 3.8) is 0 Å². The number of carbonyl (C=O) groups is 1. The summed E-state index contributed by atoms with van der Waals surface area (Å²) < 4.78 is 26.4. The van der Waals surface area contributed by atoms with Crippen LogP contribution in [0.3, 0.4) is 0 Å². The summed E-state index contributed by atoms with van der Waals surface area (Å²) in [6.45, 7) is 4.44. The highest BCUT2D eigenvalue weighted by Crippen LogP contribution is 2.19. The Labute approximate surface area is 155 Å². The maximum Gasteiger partial charge on any atom is 0.255 e. The van der Waals surface area contributed by atoms with E-state index in [1.165, 1.54) is 16.4 Å². The summed E-state index contributed by atoms with van der Waals surface area (Å²) in [7, 11) is 0.319. The molecule has 140 valence electrons. The van der Waals surface area contributed by atoms with E-state index in [1.54, 1.807) is 38.1 Å². The lowest BCUT2D eigenvalue weighted by Crippen LogP contribution is -2.30. The van der Waals surface area contributed by atoms with Crippen molar-refractivity contribution in [1.82, 2.24) is 4.31 Å². The first kappa shape index (κ1) is 19.9. The van der Waals surface area contributed by atoms with Crippen molar-refractivity contribution in [3.8, 4) is 0 Å². The Morgan fingerprint density at radius 1 is 1.00 bits per heavy atom. The Kier molecular flexibility index (Phi) is 6.39. The maximum atomic E-state index is 12.5. The smallest absolute Gasteiger partial charge is 0.255 e. The lowest BCUT2D eigenvalue weighted by Gasteiger charge is -2.18. The number of carbonyl (C=O) groups excluding carboxylic acids is 1. The van der Waals surface area contributed by atoms with Gasteiger partial charge in [-0.05, 0) is 42.5 Å². The van der Waals surface area contributed by atoms with Gasteiger partial charge >= 0.3 is 0 Å². The van der Waals surface area contributed by atoms with E-state index in [-0.39, 0.29) is 10.8 Å². The van der Waals surface area contributed by atoms with Crippen LogP contribution in [0.4, 0.5) is 11.4 Å². The fourth-order valence-corrected chi connectivity index (χ4v) is 4.01. The second kappa shape index (κ2) is 8.33. The first-order valence-corrected chi connectivity index (χ1v) is 9.92. The zero-order valence-corrected chi connectivity index (χ0v) is 16.4. The van der Waals surface area contributed by atoms with Crippen molar-refractivity contribution >= 4 is 27.3 Å². The number of nitrogens with one attached hydrogen (secondary N) is 1. The van der Waals surface area contributed by atoms with Crippen LogP contribution < -0.4 is 10.2 Å². The summed E-state index contributed by atoms with van der Waals surface area (Å²) in [6, 6.07) is 13.5. The number of anilines is 2. The van der Waals surface area contributed by atoms with E-state index in [2.05, 4.69) is 5.32 Å². The normalized spacial score (nSPS) is 11.4. The van der Waals surface area contributed by atoms with Gasteiger partial charge in [0.05, 0.1) is 4.90 Å². The summed E-state index contributed by atoms with van der Waals surface area (Å²) in [6.07, 6.45) is 0. The number of rotatable bonds is 7. The van der Waals surface area contributed by atoms with Gasteiger partial charge in [-0.2, -0.15) is 4.31 Å². The first-order valence-electron chi connectivity index (χ1n) is 8.48. The fourth-order valence-electron chi connectivity index (χ4n) is 2.55. The van der Waals surface area contributed by atoms with Gasteiger partial charge in [-0.25, -0.2) is 8.42 Å². The minimum Gasteiger partial charge on any atom is -0.378 e. The van der Waals surface area contributed by atoms with Gasteiger partial charge < -0.3 is 10.2 Å². The van der Waals surface area contributed by atoms with Gasteiger partial charge in [0.2, 0.25) is 10.0 Å². The van der Waals surface area contributed by atoms with Crippen LogP contribution in [-0.2, 0) is 10.0 Å². The van der Waals surface area contributed by atoms with E-state index in [4.69, 9.17) is 0 Å². The van der Waals surface area contributed by atoms with Gasteiger partial charge in [-0.3, -0.25) is 4.79 Å². The summed E-state index contributed by atoms with van der Waals surface area (Å²) in [5, 5.41) is 2.79. The van der Waals surface area contributed by atoms with Gasteiger partial charge in [0.1, 0.15) is 0 Å². The van der Waals surface area contributed by atoms with Crippen molar-refractivity contribution in [1.29, 1.82) is 0 Å². The molecule has 0 heterocycles. The van der Waals surface area contributed by atoms with E-state index in [9.17, 15) is 13.2 Å². The van der Waals surface area contributed by atoms with Crippen LogP contribution >= 0.6 is 0 Å². The SMILES string of the molecule is CCN(CC)S(=O)(=O)c1ccc(NC(=O)c2cccc(N(C)C)c2)cc1. The van der Waals surface area contributed by atoms with Crippen LogP contribution in [0.5, 0.6) is 0 Å². The van der Waals surface area contributed by atoms with Crippen LogP contribution in [0.1, 0.15) is 24.2 Å². The number of amides is 1. The summed E-state index contributed by atoms with van der Waals surface area (Å²) in [4.78, 5) is 14.6. The first-order chi connectivity index (χ1) is 12.3. The molecule has 0 saturated carbocycles. The molecule has 0 spiro atoms. The molecule has 2 aromatic rings. The van der Waals surface area contributed by atoms with Gasteiger partial charge in [-0.15, -0.1) is 0 Å². The maximum absolute atomic E-state index is 12.5. The Morgan fingerprint density at radius 2 is 1.62 bits per heavy atom. The summed E-state index contributed by atoms with van der Waals surface area (Å²) >= 11 is 0. The van der Waals surface area contributed by atoms with Crippen molar-refractivity contribution in [2.24, 2.45) is 0 Å². The Morgan fingerprint density at radius 3 is 2.15 bits per heavy atom. The number of hydrogen-bond acceptors (Lipinski definition) is 4. The summed E-state index contributed by atoms with van der Waals surface area (Å²) in [5.41, 5.74) is 2.01. The van der Waals surface area contributed by atoms with E-state index in [0.29, 0.717) is 24.3 Å². The third-order valence-corrected chi connectivity index (χ3v) is 6.14. The molecule has 0 aliphatic rings. The second-order valence-corrected chi connectivity index (χ2v) is 7.95. The molecule has 7 heteroatoms. The monoisotopic (exact) mass is 375 g/mol. The Bertz CT molecular complexity index is 858. The molecule has 2 rings (SSSR count). The lowest BCUT2D eigenvalue weighted by molar-refractivity contribution is 0.102. The van der Waals surface area contributed by atoms with Crippen LogP contribution in [0.2, 0.25) is 0 Å². The molecule has 6 nitrogen and oxygen atoms in total. The average molecular weight is 375 g/mol. The van der Waals surface area contributed by atoms with E-state index in [0.717, 1.165) is 5.69 Å². The molecule has 0 bridgehead atoms. The molecule has 0 fully saturated rings. The molecule has 26 heavy (non-hydrogen) atoms. The zero-order chi connectivity index (χ0) is 19.3. The number of sulfonamides is 1. The van der Waals surface area contributed by atoms with Crippen LogP contribution in [-0.4, -0.2) is 45.8 Å². The standard InChI is InChI=1S/C19H25N3O3S/c1-5-22(6-2)26(24,25)18-12-10-16(11-13-18)20-19(23)15-8-7-9-17(14-15)21(3)4/h7-14H,5-6H2,1-4H3,(H,20,23). The zero-order valence-electron chi connectivity index (χ0n) is 15.6. The third-order valence-electron chi connectivity index (χ3n) is 4.08. The van der Waals surface area contributed by atoms with Crippen molar-refractivity contribution < 1.29 is 13.2 Å². The molecule has 0 aliphatic carbocycles. The molecular weight excluding hydrogens is 350 g/mol. The number of hydrogen-bond donors (Lipinski definition) is 1. The summed E-state index contributed by atoms with van der Waals surface area (Å²) in [5.74, 6) is -0.243. The molecule has 0 unspecified atom stereocenters. The second-order valence-electron chi connectivity index (χ2n) is 6.01. The molecule has 1 N–H and O–H groups in total. The predicted octanol–water partition coefficient (Wildman–Crippen LogP) is 3.04. The molecule has 1 amide bonds. The van der Waals surface area contributed by atoms with E-state index < -0.39 is 10.0 Å². The topological polar surface area (TPSA) is 69.7 Å². The quantitative estimate of drug-likeness (QED) is 0.808. The number of benzene rings is 2. The van der Waals surface area contributed by atoms with Crippen molar-refractivity contribution in [2.75, 3.05) is 37.4 Å². The average Bonchev–Trinajstić information content (AvgIpc) is 2.63. The van der Waals surface area contributed by atoms with Crippen molar-refractivity contribution in [2.45, 2.75) is 18.7 Å². The molecular formula is C19H25N3O3S. The molecule has 0 aliphatic heterocycles. The number of nitrogens with zero attached hydrogens (tertiary/aromatic N) is 2. The minimum absolute atomic E-state index is 0.216. The van der Waals surface area contributed by atoms with Crippen LogP contribution in [0, 0.1) is 0 Å². The highest BCUT2D eigenvalue weighted by molar-refractivity contribution is 7.89. The largest absolute Gasteiger partial charge is 0.378 e. The van der Waals surface area contributed by atoms with Gasteiger partial charge in [0.25, 0.3) is 5.91 Å². The minimum atomic E-state index is -3.50. The van der Waals surface area contributed by atoms with E-state index >= 15 is 0 Å². The Balaban J connectivity index is 2.17.